The first kappa shape index (κ1) is 15.4. The van der Waals surface area contributed by atoms with Gasteiger partial charge >= 0.3 is 0 Å². The first-order valence-corrected chi connectivity index (χ1v) is 8.61. The van der Waals surface area contributed by atoms with Crippen molar-refractivity contribution in [2.75, 3.05) is 0 Å². The Morgan fingerprint density at radius 3 is 2.77 bits per heavy atom. The molecule has 0 aromatic heterocycles. The summed E-state index contributed by atoms with van der Waals surface area (Å²) in [6.07, 6.45) is 5.41. The van der Waals surface area contributed by atoms with E-state index in [0.29, 0.717) is 18.4 Å². The van der Waals surface area contributed by atoms with Gasteiger partial charge in [-0.3, -0.25) is 4.79 Å². The smallest absolute Gasteiger partial charge is 0.261 e. The third-order valence-corrected chi connectivity index (χ3v) is 5.55. The Bertz CT molecular complexity index is 554. The topological polar surface area (TPSA) is 38.3 Å². The summed E-state index contributed by atoms with van der Waals surface area (Å²) < 4.78 is 6.02. The second-order valence-electron chi connectivity index (χ2n) is 7.00. The van der Waals surface area contributed by atoms with Gasteiger partial charge in [0, 0.05) is 6.04 Å². The van der Waals surface area contributed by atoms with E-state index in [2.05, 4.69) is 18.3 Å². The Morgan fingerprint density at radius 1 is 1.32 bits per heavy atom. The van der Waals surface area contributed by atoms with E-state index in [4.69, 9.17) is 4.74 Å². The Morgan fingerprint density at radius 2 is 2.14 bits per heavy atom. The van der Waals surface area contributed by atoms with Gasteiger partial charge in [-0.1, -0.05) is 25.5 Å². The van der Waals surface area contributed by atoms with Crippen LogP contribution in [0.25, 0.3) is 0 Å². The minimum absolute atomic E-state index is 0.0564. The van der Waals surface area contributed by atoms with Crippen molar-refractivity contribution in [2.45, 2.75) is 65.0 Å². The van der Waals surface area contributed by atoms with E-state index >= 15 is 0 Å². The lowest BCUT2D eigenvalue weighted by atomic mass is 9.95. The summed E-state index contributed by atoms with van der Waals surface area (Å²) >= 11 is 0. The van der Waals surface area contributed by atoms with Gasteiger partial charge in [0.25, 0.3) is 5.91 Å². The predicted molar refractivity (Wildman–Crippen MR) is 88.0 cm³/mol. The average molecular weight is 301 g/mol. The molecule has 2 aliphatic rings. The molecule has 2 bridgehead atoms. The van der Waals surface area contributed by atoms with Crippen molar-refractivity contribution in [1.29, 1.82) is 0 Å². The number of aryl methyl sites for hydroxylation is 1. The number of nitrogens with one attached hydrogen (secondary N) is 1. The zero-order valence-corrected chi connectivity index (χ0v) is 13.9. The van der Waals surface area contributed by atoms with E-state index in [0.717, 1.165) is 23.7 Å². The summed E-state index contributed by atoms with van der Waals surface area (Å²) in [6, 6.07) is 6.38. The number of rotatable bonds is 5. The van der Waals surface area contributed by atoms with E-state index in [1.54, 1.807) is 0 Å². The highest BCUT2D eigenvalue weighted by Gasteiger charge is 2.40. The SMILES string of the molecule is CC[C@H](Oc1cccc(C)c1C)C(=O)N[C@@H]1C[C@@H]2CC[C@@H]1C2. The minimum Gasteiger partial charge on any atom is -0.480 e. The molecule has 3 rings (SSSR count). The van der Waals surface area contributed by atoms with Gasteiger partial charge in [0.2, 0.25) is 0 Å². The third-order valence-electron chi connectivity index (χ3n) is 5.55. The van der Waals surface area contributed by atoms with Gasteiger partial charge in [-0.05, 0) is 68.6 Å². The summed E-state index contributed by atoms with van der Waals surface area (Å²) in [5, 5.41) is 3.25. The van der Waals surface area contributed by atoms with Crippen LogP contribution >= 0.6 is 0 Å². The van der Waals surface area contributed by atoms with E-state index in [1.165, 1.54) is 24.8 Å². The van der Waals surface area contributed by atoms with E-state index < -0.39 is 0 Å². The number of hydrogen-bond acceptors (Lipinski definition) is 2. The second-order valence-corrected chi connectivity index (χ2v) is 7.00. The maximum Gasteiger partial charge on any atom is 0.261 e. The normalized spacial score (nSPS) is 27.7. The summed E-state index contributed by atoms with van der Waals surface area (Å²) in [7, 11) is 0. The fraction of sp³-hybridized carbons (Fsp3) is 0.632. The number of fused-ring (bicyclic) bond motifs is 2. The summed E-state index contributed by atoms with van der Waals surface area (Å²) in [4.78, 5) is 12.6. The van der Waals surface area contributed by atoms with E-state index in [1.807, 2.05) is 26.0 Å². The molecule has 0 aliphatic heterocycles. The molecule has 1 amide bonds. The van der Waals surface area contributed by atoms with Crippen LogP contribution in [0.3, 0.4) is 0 Å². The van der Waals surface area contributed by atoms with Crippen LogP contribution in [-0.2, 0) is 4.79 Å². The highest BCUT2D eigenvalue weighted by molar-refractivity contribution is 5.81. The summed E-state index contributed by atoms with van der Waals surface area (Å²) in [6.45, 7) is 6.12. The molecular weight excluding hydrogens is 274 g/mol. The lowest BCUT2D eigenvalue weighted by molar-refractivity contribution is -0.129. The lowest BCUT2D eigenvalue weighted by Crippen LogP contribution is -2.45. The number of ether oxygens (including phenoxy) is 1. The molecule has 0 unspecified atom stereocenters. The number of amides is 1. The summed E-state index contributed by atoms with van der Waals surface area (Å²) in [5.74, 6) is 2.43. The highest BCUT2D eigenvalue weighted by atomic mass is 16.5. The second kappa shape index (κ2) is 6.31. The molecule has 0 saturated heterocycles. The molecule has 120 valence electrons. The van der Waals surface area contributed by atoms with Crippen molar-refractivity contribution in [1.82, 2.24) is 5.32 Å². The quantitative estimate of drug-likeness (QED) is 0.899. The Balaban J connectivity index is 1.63. The van der Waals surface area contributed by atoms with Crippen LogP contribution in [0.1, 0.15) is 50.2 Å². The molecule has 2 fully saturated rings. The fourth-order valence-corrected chi connectivity index (χ4v) is 4.02. The van der Waals surface area contributed by atoms with Gasteiger partial charge in [0.15, 0.2) is 6.10 Å². The van der Waals surface area contributed by atoms with Crippen LogP contribution in [0.2, 0.25) is 0 Å². The fourth-order valence-electron chi connectivity index (χ4n) is 4.02. The lowest BCUT2D eigenvalue weighted by Gasteiger charge is -2.26. The molecule has 2 saturated carbocycles. The molecule has 1 N–H and O–H groups in total. The van der Waals surface area contributed by atoms with Crippen LogP contribution in [-0.4, -0.2) is 18.1 Å². The number of carbonyl (C=O) groups excluding carboxylic acids is 1. The number of hydrogen-bond donors (Lipinski definition) is 1. The number of carbonyl (C=O) groups is 1. The molecule has 4 atom stereocenters. The largest absolute Gasteiger partial charge is 0.480 e. The van der Waals surface area contributed by atoms with E-state index in [9.17, 15) is 4.79 Å². The van der Waals surface area contributed by atoms with Gasteiger partial charge < -0.3 is 10.1 Å². The first-order valence-electron chi connectivity index (χ1n) is 8.61. The van der Waals surface area contributed by atoms with Gasteiger partial charge in [0.1, 0.15) is 5.75 Å². The zero-order chi connectivity index (χ0) is 15.7. The maximum atomic E-state index is 12.6. The number of benzene rings is 1. The van der Waals surface area contributed by atoms with Crippen LogP contribution in [0, 0.1) is 25.7 Å². The minimum atomic E-state index is -0.389. The molecule has 0 spiro atoms. The zero-order valence-electron chi connectivity index (χ0n) is 13.9. The first-order chi connectivity index (χ1) is 10.6. The molecule has 0 heterocycles. The van der Waals surface area contributed by atoms with Crippen molar-refractivity contribution in [3.63, 3.8) is 0 Å². The molecule has 3 heteroatoms. The highest BCUT2D eigenvalue weighted by Crippen LogP contribution is 2.44. The Hall–Kier alpha value is -1.51. The van der Waals surface area contributed by atoms with Crippen molar-refractivity contribution in [3.05, 3.63) is 29.3 Å². The molecule has 1 aromatic rings. The monoisotopic (exact) mass is 301 g/mol. The molecular formula is C19H27NO2. The predicted octanol–water partition coefficient (Wildman–Crippen LogP) is 3.77. The van der Waals surface area contributed by atoms with Crippen molar-refractivity contribution >= 4 is 5.91 Å². The van der Waals surface area contributed by atoms with Crippen LogP contribution < -0.4 is 10.1 Å². The van der Waals surface area contributed by atoms with Gasteiger partial charge in [-0.2, -0.15) is 0 Å². The average Bonchev–Trinajstić information content (AvgIpc) is 3.11. The van der Waals surface area contributed by atoms with Gasteiger partial charge in [-0.15, -0.1) is 0 Å². The van der Waals surface area contributed by atoms with Crippen molar-refractivity contribution < 1.29 is 9.53 Å². The van der Waals surface area contributed by atoms with Gasteiger partial charge in [0.05, 0.1) is 0 Å². The Kier molecular flexibility index (Phi) is 4.42. The van der Waals surface area contributed by atoms with Crippen LogP contribution in [0.15, 0.2) is 18.2 Å². The standard InChI is InChI=1S/C19H27NO2/c1-4-17(22-18-7-5-6-12(2)13(18)3)19(21)20-16-11-14-8-9-15(16)10-14/h5-7,14-17H,4,8-11H2,1-3H3,(H,20,21)/t14-,15-,16-,17+/m1/s1. The van der Waals surface area contributed by atoms with Gasteiger partial charge in [-0.25, -0.2) is 0 Å². The summed E-state index contributed by atoms with van der Waals surface area (Å²) in [5.41, 5.74) is 2.31. The molecule has 3 nitrogen and oxygen atoms in total. The Labute approximate surface area is 133 Å². The molecule has 1 aromatic carbocycles. The third kappa shape index (κ3) is 2.99. The van der Waals surface area contributed by atoms with Crippen molar-refractivity contribution in [3.8, 4) is 5.75 Å². The molecule has 0 radical (unpaired) electrons. The van der Waals surface area contributed by atoms with Crippen molar-refractivity contribution in [2.24, 2.45) is 11.8 Å². The molecule has 2 aliphatic carbocycles. The van der Waals surface area contributed by atoms with Crippen LogP contribution in [0.5, 0.6) is 5.75 Å². The molecule has 22 heavy (non-hydrogen) atoms. The van der Waals surface area contributed by atoms with E-state index in [-0.39, 0.29) is 12.0 Å². The van der Waals surface area contributed by atoms with Crippen LogP contribution in [0.4, 0.5) is 0 Å². The maximum absolute atomic E-state index is 12.6.